The maximum atomic E-state index is 5.01. The van der Waals surface area contributed by atoms with E-state index in [4.69, 9.17) is 4.98 Å². The van der Waals surface area contributed by atoms with Crippen molar-refractivity contribution in [2.24, 2.45) is 5.92 Å². The van der Waals surface area contributed by atoms with E-state index < -0.39 is 0 Å². The van der Waals surface area contributed by atoms with Gasteiger partial charge in [-0.15, -0.1) is 0 Å². The van der Waals surface area contributed by atoms with Gasteiger partial charge in [-0.25, -0.2) is 0 Å². The van der Waals surface area contributed by atoms with Crippen molar-refractivity contribution in [1.29, 1.82) is 0 Å². The summed E-state index contributed by atoms with van der Waals surface area (Å²) in [6.45, 7) is 4.68. The molecule has 4 aromatic carbocycles. The molecule has 36 heavy (non-hydrogen) atoms. The van der Waals surface area contributed by atoms with Crippen LogP contribution in [0.3, 0.4) is 0 Å². The molecule has 3 aromatic heterocycles. The molecular weight excluding hydrogens is 436 g/mol. The molecule has 0 spiro atoms. The Hall–Kier alpha value is -3.65. The van der Waals surface area contributed by atoms with Gasteiger partial charge in [-0.05, 0) is 63.7 Å². The van der Waals surface area contributed by atoms with Crippen molar-refractivity contribution in [2.45, 2.75) is 51.9 Å². The highest BCUT2D eigenvalue weighted by molar-refractivity contribution is 6.29. The Morgan fingerprint density at radius 2 is 1.64 bits per heavy atom. The largest absolute Gasteiger partial charge is 0.308 e. The van der Waals surface area contributed by atoms with E-state index in [1.807, 2.05) is 6.20 Å². The van der Waals surface area contributed by atoms with Gasteiger partial charge >= 0.3 is 0 Å². The third kappa shape index (κ3) is 2.70. The molecule has 0 radical (unpaired) electrons. The fraction of sp³-hybridized carbons (Fsp3) is 0.265. The van der Waals surface area contributed by atoms with E-state index in [-0.39, 0.29) is 0 Å². The van der Waals surface area contributed by atoms with Gasteiger partial charge in [0, 0.05) is 27.7 Å². The smallest absolute Gasteiger partial charge is 0.0823 e. The van der Waals surface area contributed by atoms with Crippen LogP contribution in [0.1, 0.15) is 56.6 Å². The van der Waals surface area contributed by atoms with E-state index in [0.29, 0.717) is 5.92 Å². The minimum absolute atomic E-state index is 0.392. The average molecular weight is 467 g/mol. The predicted molar refractivity (Wildman–Crippen MR) is 154 cm³/mol. The second-order valence-corrected chi connectivity index (χ2v) is 11.3. The van der Waals surface area contributed by atoms with E-state index in [1.165, 1.54) is 97.5 Å². The Morgan fingerprint density at radius 3 is 2.50 bits per heavy atom. The van der Waals surface area contributed by atoms with Crippen LogP contribution in [0.15, 0.2) is 72.9 Å². The van der Waals surface area contributed by atoms with Crippen molar-refractivity contribution in [3.05, 3.63) is 84.1 Å². The summed E-state index contributed by atoms with van der Waals surface area (Å²) >= 11 is 0. The van der Waals surface area contributed by atoms with Gasteiger partial charge < -0.3 is 4.40 Å². The molecule has 1 aliphatic carbocycles. The lowest BCUT2D eigenvalue weighted by Gasteiger charge is -2.19. The summed E-state index contributed by atoms with van der Waals surface area (Å²) < 4.78 is 2.61. The molecule has 0 unspecified atom stereocenters. The monoisotopic (exact) mass is 466 g/mol. The number of benzene rings is 4. The Morgan fingerprint density at radius 1 is 0.806 bits per heavy atom. The molecule has 3 heterocycles. The quantitative estimate of drug-likeness (QED) is 0.187. The van der Waals surface area contributed by atoms with Crippen LogP contribution in [-0.4, -0.2) is 9.38 Å². The summed E-state index contributed by atoms with van der Waals surface area (Å²) in [5.74, 6) is 1.23. The van der Waals surface area contributed by atoms with Gasteiger partial charge in [-0.1, -0.05) is 88.1 Å². The molecule has 8 rings (SSSR count). The zero-order valence-corrected chi connectivity index (χ0v) is 21.0. The molecule has 0 atom stereocenters. The lowest BCUT2D eigenvalue weighted by Crippen LogP contribution is -2.01. The fourth-order valence-electron chi connectivity index (χ4n) is 7.29. The molecule has 2 nitrogen and oxygen atoms in total. The van der Waals surface area contributed by atoms with Crippen LogP contribution < -0.4 is 0 Å². The first kappa shape index (κ1) is 20.5. The Kier molecular flexibility index (Phi) is 4.24. The Balaban J connectivity index is 1.63. The van der Waals surface area contributed by atoms with Gasteiger partial charge in [-0.3, -0.25) is 4.98 Å². The van der Waals surface area contributed by atoms with Crippen molar-refractivity contribution < 1.29 is 0 Å². The highest BCUT2D eigenvalue weighted by atomic mass is 14.9. The summed E-state index contributed by atoms with van der Waals surface area (Å²) in [5.41, 5.74) is 8.04. The SMILES string of the molecule is CC(C)c1c2ccccc2cc2c3nccc4ccc5c6ccc(CC7CCCC7)cc6n(c12)c5c43. The Bertz CT molecular complexity index is 1950. The van der Waals surface area contributed by atoms with Gasteiger partial charge in [-0.2, -0.15) is 0 Å². The highest BCUT2D eigenvalue weighted by Crippen LogP contribution is 2.44. The molecule has 0 N–H and O–H groups in total. The average Bonchev–Trinajstić information content (AvgIpc) is 3.52. The maximum Gasteiger partial charge on any atom is 0.0823 e. The number of aromatic nitrogens is 2. The summed E-state index contributed by atoms with van der Waals surface area (Å²) in [6.07, 6.45) is 8.74. The van der Waals surface area contributed by atoms with Crippen molar-refractivity contribution in [2.75, 3.05) is 0 Å². The van der Waals surface area contributed by atoms with E-state index in [2.05, 4.69) is 85.0 Å². The van der Waals surface area contributed by atoms with Crippen molar-refractivity contribution in [3.63, 3.8) is 0 Å². The molecule has 0 bridgehead atoms. The molecule has 176 valence electrons. The molecule has 1 aliphatic rings. The number of hydrogen-bond acceptors (Lipinski definition) is 1. The van der Waals surface area contributed by atoms with Crippen LogP contribution in [0.4, 0.5) is 0 Å². The Labute approximate surface area is 210 Å². The third-order valence-electron chi connectivity index (χ3n) is 8.84. The molecule has 1 fully saturated rings. The zero-order chi connectivity index (χ0) is 24.0. The van der Waals surface area contributed by atoms with Gasteiger partial charge in [0.2, 0.25) is 0 Å². The minimum atomic E-state index is 0.392. The van der Waals surface area contributed by atoms with Crippen LogP contribution in [0.2, 0.25) is 0 Å². The van der Waals surface area contributed by atoms with Crippen LogP contribution in [0.25, 0.3) is 59.8 Å². The highest BCUT2D eigenvalue weighted by Gasteiger charge is 2.23. The number of hydrogen-bond donors (Lipinski definition) is 0. The first-order valence-corrected chi connectivity index (χ1v) is 13.6. The second kappa shape index (κ2) is 7.43. The van der Waals surface area contributed by atoms with Crippen LogP contribution in [0.5, 0.6) is 0 Å². The van der Waals surface area contributed by atoms with E-state index >= 15 is 0 Å². The standard InChI is InChI=1S/C34H30N2/c1-20(2)30-25-10-6-5-9-24(25)19-28-32-31-23(15-16-35-32)12-14-27-26-13-11-22(17-21-7-3-4-8-21)18-29(26)36(33(27)31)34(28)30/h5-6,9-16,18-21H,3-4,7-8,17H2,1-2H3. The fourth-order valence-corrected chi connectivity index (χ4v) is 7.29. The van der Waals surface area contributed by atoms with E-state index in [9.17, 15) is 0 Å². The topological polar surface area (TPSA) is 17.3 Å². The van der Waals surface area contributed by atoms with Crippen LogP contribution in [0, 0.1) is 5.92 Å². The van der Waals surface area contributed by atoms with Crippen molar-refractivity contribution in [1.82, 2.24) is 9.38 Å². The van der Waals surface area contributed by atoms with Crippen LogP contribution >= 0.6 is 0 Å². The molecule has 0 aliphatic heterocycles. The second-order valence-electron chi connectivity index (χ2n) is 11.3. The lowest BCUT2D eigenvalue weighted by atomic mass is 9.91. The van der Waals surface area contributed by atoms with Gasteiger partial charge in [0.15, 0.2) is 0 Å². The number of rotatable bonds is 3. The molecule has 0 amide bonds. The first-order valence-electron chi connectivity index (χ1n) is 13.6. The number of pyridine rings is 2. The summed E-state index contributed by atoms with van der Waals surface area (Å²) in [6, 6.07) is 25.3. The van der Waals surface area contributed by atoms with E-state index in [0.717, 1.165) is 11.4 Å². The summed E-state index contributed by atoms with van der Waals surface area (Å²) in [4.78, 5) is 5.01. The molecule has 1 saturated carbocycles. The summed E-state index contributed by atoms with van der Waals surface area (Å²) in [7, 11) is 0. The molecule has 7 aromatic rings. The van der Waals surface area contributed by atoms with Crippen molar-refractivity contribution in [3.8, 4) is 0 Å². The zero-order valence-electron chi connectivity index (χ0n) is 21.0. The van der Waals surface area contributed by atoms with Crippen LogP contribution in [-0.2, 0) is 6.42 Å². The maximum absolute atomic E-state index is 5.01. The van der Waals surface area contributed by atoms with Gasteiger partial charge in [0.05, 0.1) is 22.1 Å². The van der Waals surface area contributed by atoms with E-state index in [1.54, 1.807) is 0 Å². The minimum Gasteiger partial charge on any atom is -0.308 e. The molecular formula is C34H30N2. The number of nitrogens with zero attached hydrogens (tertiary/aromatic N) is 2. The summed E-state index contributed by atoms with van der Waals surface area (Å²) in [5, 5.41) is 9.18. The lowest BCUT2D eigenvalue weighted by molar-refractivity contribution is 0.547. The molecule has 0 saturated heterocycles. The number of fused-ring (bicyclic) bond motifs is 7. The normalized spacial score (nSPS) is 15.3. The molecule has 2 heteroatoms. The third-order valence-corrected chi connectivity index (χ3v) is 8.84. The first-order chi connectivity index (χ1) is 17.7. The van der Waals surface area contributed by atoms with Crippen molar-refractivity contribution >= 4 is 59.8 Å². The van der Waals surface area contributed by atoms with Gasteiger partial charge in [0.1, 0.15) is 0 Å². The predicted octanol–water partition coefficient (Wildman–Crippen LogP) is 9.39. The van der Waals surface area contributed by atoms with Gasteiger partial charge in [0.25, 0.3) is 0 Å².